The fourth-order valence-electron chi connectivity index (χ4n) is 4.00. The molecule has 3 heterocycles. The Morgan fingerprint density at radius 2 is 1.88 bits per heavy atom. The van der Waals surface area contributed by atoms with Gasteiger partial charge >= 0.3 is 5.97 Å². The highest BCUT2D eigenvalue weighted by molar-refractivity contribution is 7.20. The van der Waals surface area contributed by atoms with Crippen LogP contribution >= 0.6 is 11.3 Å². The van der Waals surface area contributed by atoms with E-state index >= 15 is 0 Å². The lowest BCUT2D eigenvalue weighted by atomic mass is 10.1. The van der Waals surface area contributed by atoms with Gasteiger partial charge in [-0.25, -0.2) is 9.78 Å². The van der Waals surface area contributed by atoms with Crippen LogP contribution in [0, 0.1) is 13.8 Å². The zero-order chi connectivity index (χ0) is 22.8. The van der Waals surface area contributed by atoms with Crippen molar-refractivity contribution in [3.63, 3.8) is 0 Å². The number of rotatable bonds is 5. The van der Waals surface area contributed by atoms with Crippen LogP contribution in [0.15, 0.2) is 29.1 Å². The summed E-state index contributed by atoms with van der Waals surface area (Å²) in [7, 11) is 1.32. The predicted octanol–water partition coefficient (Wildman–Crippen LogP) is 2.27. The maximum atomic E-state index is 12.7. The van der Waals surface area contributed by atoms with E-state index in [1.807, 2.05) is 36.1 Å². The number of amides is 1. The summed E-state index contributed by atoms with van der Waals surface area (Å²) in [6, 6.07) is 7.96. The van der Waals surface area contributed by atoms with E-state index in [-0.39, 0.29) is 11.5 Å². The molecule has 1 aliphatic heterocycles. The summed E-state index contributed by atoms with van der Waals surface area (Å²) in [5, 5.41) is 0.436. The zero-order valence-corrected chi connectivity index (χ0v) is 19.3. The van der Waals surface area contributed by atoms with E-state index in [0.717, 1.165) is 11.1 Å². The predicted molar refractivity (Wildman–Crippen MR) is 123 cm³/mol. The first-order valence-corrected chi connectivity index (χ1v) is 11.3. The first-order valence-electron chi connectivity index (χ1n) is 10.5. The molecule has 0 atom stereocenters. The molecule has 168 valence electrons. The number of nitrogens with one attached hydrogen (secondary N) is 1. The SMILES string of the molecule is COC(=O)c1sc2nc(CN3CCN(C(=O)Cc4ccccc4C)CC3)[nH]c(=O)c2c1C. The molecule has 0 aliphatic carbocycles. The minimum absolute atomic E-state index is 0.135. The third-order valence-electron chi connectivity index (χ3n) is 5.92. The highest BCUT2D eigenvalue weighted by Gasteiger charge is 2.23. The number of thiophene rings is 1. The number of hydrogen-bond donors (Lipinski definition) is 1. The van der Waals surface area contributed by atoms with Gasteiger partial charge in [0, 0.05) is 26.2 Å². The third kappa shape index (κ3) is 4.44. The van der Waals surface area contributed by atoms with Crippen molar-refractivity contribution in [2.24, 2.45) is 0 Å². The molecule has 1 saturated heterocycles. The van der Waals surface area contributed by atoms with Crippen LogP contribution in [0.3, 0.4) is 0 Å². The molecule has 0 unspecified atom stereocenters. The lowest BCUT2D eigenvalue weighted by molar-refractivity contribution is -0.132. The molecule has 0 saturated carbocycles. The molecule has 4 rings (SSSR count). The first-order chi connectivity index (χ1) is 15.4. The number of nitrogens with zero attached hydrogens (tertiary/aromatic N) is 3. The number of benzene rings is 1. The van der Waals surface area contributed by atoms with Crippen LogP contribution in [0.5, 0.6) is 0 Å². The van der Waals surface area contributed by atoms with E-state index in [1.54, 1.807) is 6.92 Å². The fourth-order valence-corrected chi connectivity index (χ4v) is 5.12. The second kappa shape index (κ2) is 9.22. The monoisotopic (exact) mass is 454 g/mol. The van der Waals surface area contributed by atoms with Gasteiger partial charge in [-0.3, -0.25) is 14.5 Å². The Kier molecular flexibility index (Phi) is 6.38. The Morgan fingerprint density at radius 3 is 2.56 bits per heavy atom. The number of carbonyl (C=O) groups is 2. The van der Waals surface area contributed by atoms with Crippen LogP contribution in [0.25, 0.3) is 10.2 Å². The Balaban J connectivity index is 1.41. The maximum Gasteiger partial charge on any atom is 0.348 e. The van der Waals surface area contributed by atoms with E-state index in [0.29, 0.717) is 65.6 Å². The topological polar surface area (TPSA) is 95.6 Å². The second-order valence-corrected chi connectivity index (χ2v) is 9.00. The molecule has 8 nitrogen and oxygen atoms in total. The van der Waals surface area contributed by atoms with Crippen LogP contribution in [0.4, 0.5) is 0 Å². The van der Waals surface area contributed by atoms with E-state index in [4.69, 9.17) is 4.74 Å². The van der Waals surface area contributed by atoms with Gasteiger partial charge in [0.15, 0.2) is 0 Å². The van der Waals surface area contributed by atoms with Gasteiger partial charge in [-0.15, -0.1) is 11.3 Å². The van der Waals surface area contributed by atoms with E-state index in [1.165, 1.54) is 18.4 Å². The number of esters is 1. The molecule has 3 aromatic rings. The Bertz CT molecular complexity index is 1220. The number of aromatic nitrogens is 2. The molecule has 1 aromatic carbocycles. The molecule has 0 spiro atoms. The normalized spacial score (nSPS) is 14.7. The minimum atomic E-state index is -0.460. The van der Waals surface area contributed by atoms with Crippen LogP contribution in [0.2, 0.25) is 0 Å². The van der Waals surface area contributed by atoms with Crippen molar-refractivity contribution in [1.29, 1.82) is 0 Å². The van der Waals surface area contributed by atoms with E-state index in [2.05, 4.69) is 14.9 Å². The van der Waals surface area contributed by atoms with Gasteiger partial charge < -0.3 is 14.6 Å². The summed E-state index contributed by atoms with van der Waals surface area (Å²) < 4.78 is 4.80. The number of carbonyl (C=O) groups excluding carboxylic acids is 2. The fraction of sp³-hybridized carbons (Fsp3) is 0.391. The van der Waals surface area contributed by atoms with Crippen LogP contribution in [-0.2, 0) is 22.5 Å². The molecule has 1 aliphatic rings. The van der Waals surface area contributed by atoms with Crippen molar-refractivity contribution in [2.75, 3.05) is 33.3 Å². The molecule has 1 amide bonds. The minimum Gasteiger partial charge on any atom is -0.465 e. The van der Waals surface area contributed by atoms with Crippen molar-refractivity contribution >= 4 is 33.4 Å². The summed E-state index contributed by atoms with van der Waals surface area (Å²) in [5.41, 5.74) is 2.54. The number of aryl methyl sites for hydroxylation is 2. The summed E-state index contributed by atoms with van der Waals surface area (Å²) in [4.78, 5) is 49.7. The van der Waals surface area contributed by atoms with E-state index < -0.39 is 5.97 Å². The van der Waals surface area contributed by atoms with Crippen LogP contribution in [-0.4, -0.2) is 64.9 Å². The summed E-state index contributed by atoms with van der Waals surface area (Å²) in [6.07, 6.45) is 0.415. The highest BCUT2D eigenvalue weighted by atomic mass is 32.1. The summed E-state index contributed by atoms with van der Waals surface area (Å²) >= 11 is 1.18. The molecule has 9 heteroatoms. The Morgan fingerprint density at radius 1 is 1.16 bits per heavy atom. The zero-order valence-electron chi connectivity index (χ0n) is 18.4. The smallest absolute Gasteiger partial charge is 0.348 e. The van der Waals surface area contributed by atoms with Crippen molar-refractivity contribution in [3.05, 3.63) is 62.0 Å². The lowest BCUT2D eigenvalue weighted by Gasteiger charge is -2.34. The third-order valence-corrected chi connectivity index (χ3v) is 7.09. The van der Waals surface area contributed by atoms with Crippen molar-refractivity contribution in [3.8, 4) is 0 Å². The molecule has 32 heavy (non-hydrogen) atoms. The average molecular weight is 455 g/mol. The molecule has 0 bridgehead atoms. The lowest BCUT2D eigenvalue weighted by Crippen LogP contribution is -2.49. The van der Waals surface area contributed by atoms with Gasteiger partial charge in [-0.05, 0) is 30.5 Å². The highest BCUT2D eigenvalue weighted by Crippen LogP contribution is 2.27. The summed E-state index contributed by atoms with van der Waals surface area (Å²) in [5.74, 6) is 0.231. The Hall–Kier alpha value is -3.04. The standard InChI is InChI=1S/C23H26N4O4S/c1-14-6-4-5-7-16(14)12-18(28)27-10-8-26(9-11-27)13-17-24-21(29)19-15(2)20(23(30)31-3)32-22(19)25-17/h4-7H,8-13H2,1-3H3,(H,24,25,29). The maximum absolute atomic E-state index is 12.7. The first kappa shape index (κ1) is 22.2. The second-order valence-electron chi connectivity index (χ2n) is 8.00. The average Bonchev–Trinajstić information content (AvgIpc) is 3.12. The van der Waals surface area contributed by atoms with Gasteiger partial charge in [-0.2, -0.15) is 0 Å². The van der Waals surface area contributed by atoms with Gasteiger partial charge in [-0.1, -0.05) is 24.3 Å². The number of methoxy groups -OCH3 is 1. The van der Waals surface area contributed by atoms with Gasteiger partial charge in [0.05, 0.1) is 25.5 Å². The molecule has 1 N–H and O–H groups in total. The van der Waals surface area contributed by atoms with Gasteiger partial charge in [0.25, 0.3) is 5.56 Å². The Labute approximate surface area is 189 Å². The number of hydrogen-bond acceptors (Lipinski definition) is 7. The number of H-pyrrole nitrogens is 1. The van der Waals surface area contributed by atoms with E-state index in [9.17, 15) is 14.4 Å². The number of fused-ring (bicyclic) bond motifs is 1. The summed E-state index contributed by atoms with van der Waals surface area (Å²) in [6.45, 7) is 6.93. The van der Waals surface area contributed by atoms with Crippen LogP contribution in [0.1, 0.15) is 32.2 Å². The number of ether oxygens (including phenoxy) is 1. The number of piperazine rings is 1. The largest absolute Gasteiger partial charge is 0.465 e. The van der Waals surface area contributed by atoms with Crippen LogP contribution < -0.4 is 5.56 Å². The molecular formula is C23H26N4O4S. The van der Waals surface area contributed by atoms with Crippen molar-refractivity contribution in [1.82, 2.24) is 19.8 Å². The molecule has 1 fully saturated rings. The molecular weight excluding hydrogens is 428 g/mol. The van der Waals surface area contributed by atoms with Gasteiger partial charge in [0.2, 0.25) is 5.91 Å². The van der Waals surface area contributed by atoms with Crippen molar-refractivity contribution in [2.45, 2.75) is 26.8 Å². The quantitative estimate of drug-likeness (QED) is 0.595. The molecule has 0 radical (unpaired) electrons. The molecule has 2 aromatic heterocycles. The number of aromatic amines is 1. The van der Waals surface area contributed by atoms with Gasteiger partial charge in [0.1, 0.15) is 15.5 Å². The van der Waals surface area contributed by atoms with Crippen molar-refractivity contribution < 1.29 is 14.3 Å².